The van der Waals surface area contributed by atoms with Crippen molar-refractivity contribution < 1.29 is 0 Å². The van der Waals surface area contributed by atoms with Crippen molar-refractivity contribution in [3.63, 3.8) is 0 Å². The van der Waals surface area contributed by atoms with Gasteiger partial charge in [-0.3, -0.25) is 0 Å². The Hall–Kier alpha value is -6.00. The minimum absolute atomic E-state index is 0.882. The molecule has 0 unspecified atom stereocenters. The topological polar surface area (TPSA) is 51.6 Å². The van der Waals surface area contributed by atoms with Gasteiger partial charge in [0.1, 0.15) is 0 Å². The first-order valence-electron chi connectivity index (χ1n) is 16.3. The Morgan fingerprint density at radius 3 is 0.771 bits per heavy atom. The molecule has 0 N–H and O–H groups in total. The lowest BCUT2D eigenvalue weighted by atomic mass is 9.97. The molecule has 0 spiro atoms. The van der Waals surface area contributed by atoms with Crippen LogP contribution in [0.3, 0.4) is 0 Å². The van der Waals surface area contributed by atoms with Crippen molar-refractivity contribution in [2.45, 2.75) is 27.7 Å². The Morgan fingerprint density at radius 1 is 0.271 bits per heavy atom. The minimum atomic E-state index is 0.882. The molecule has 0 fully saturated rings. The molecule has 8 rings (SSSR count). The van der Waals surface area contributed by atoms with Crippen LogP contribution in [0.5, 0.6) is 0 Å². The standard InChI is InChI=1S/C44H34N4/c1-27-23-37-39(25-29(27)3)47-43(41(45-37)33-11-7-5-8-12-33)35-19-15-31(16-20-35)32-17-21-36(22-18-32)44-42(34-13-9-6-10-14-34)46-38-24-28(2)30(4)26-40(38)48-44/h5-26H,1-4H3. The van der Waals surface area contributed by atoms with Crippen LogP contribution in [-0.2, 0) is 0 Å². The van der Waals surface area contributed by atoms with E-state index in [4.69, 9.17) is 19.9 Å². The van der Waals surface area contributed by atoms with Crippen molar-refractivity contribution in [1.29, 1.82) is 0 Å². The maximum absolute atomic E-state index is 5.16. The van der Waals surface area contributed by atoms with Gasteiger partial charge in [0, 0.05) is 22.3 Å². The molecule has 0 saturated carbocycles. The Morgan fingerprint density at radius 2 is 0.500 bits per heavy atom. The van der Waals surface area contributed by atoms with E-state index in [0.29, 0.717) is 0 Å². The molecule has 6 aromatic carbocycles. The maximum Gasteiger partial charge on any atom is 0.0973 e. The molecule has 2 aromatic heterocycles. The SMILES string of the molecule is Cc1cc2nc(-c3ccccc3)c(-c3ccc(-c4ccc(-c5nc6cc(C)c(C)cc6nc5-c5ccccc5)cc4)cc3)nc2cc1C. The zero-order chi connectivity index (χ0) is 32.8. The van der Waals surface area contributed by atoms with Gasteiger partial charge in [0.25, 0.3) is 0 Å². The molecule has 0 radical (unpaired) electrons. The first-order valence-corrected chi connectivity index (χ1v) is 16.3. The number of nitrogens with zero attached hydrogens (tertiary/aromatic N) is 4. The monoisotopic (exact) mass is 618 g/mol. The van der Waals surface area contributed by atoms with Crippen molar-refractivity contribution in [2.24, 2.45) is 0 Å². The van der Waals surface area contributed by atoms with Gasteiger partial charge in [-0.25, -0.2) is 19.9 Å². The average molecular weight is 619 g/mol. The third kappa shape index (κ3) is 5.41. The first-order chi connectivity index (χ1) is 23.4. The van der Waals surface area contributed by atoms with Crippen LogP contribution in [0.2, 0.25) is 0 Å². The molecule has 4 heteroatoms. The molecular formula is C44H34N4. The lowest BCUT2D eigenvalue weighted by Crippen LogP contribution is -1.97. The Balaban J connectivity index is 1.17. The summed E-state index contributed by atoms with van der Waals surface area (Å²) >= 11 is 0. The van der Waals surface area contributed by atoms with Gasteiger partial charge in [-0.2, -0.15) is 0 Å². The quantitative estimate of drug-likeness (QED) is 0.193. The predicted octanol–water partition coefficient (Wildman–Crippen LogP) is 11.1. The summed E-state index contributed by atoms with van der Waals surface area (Å²) in [6, 6.07) is 46.5. The molecule has 0 aliphatic carbocycles. The van der Waals surface area contributed by atoms with Gasteiger partial charge in [-0.1, -0.05) is 109 Å². The molecule has 0 amide bonds. The second-order valence-electron chi connectivity index (χ2n) is 12.6. The molecular weight excluding hydrogens is 585 g/mol. The van der Waals surface area contributed by atoms with Crippen LogP contribution in [0, 0.1) is 27.7 Å². The molecule has 48 heavy (non-hydrogen) atoms. The highest BCUT2D eigenvalue weighted by Gasteiger charge is 2.16. The largest absolute Gasteiger partial charge is 0.244 e. The smallest absolute Gasteiger partial charge is 0.0973 e. The minimum Gasteiger partial charge on any atom is -0.244 e. The summed E-state index contributed by atoms with van der Waals surface area (Å²) in [6.07, 6.45) is 0. The molecule has 0 atom stereocenters. The maximum atomic E-state index is 5.16. The van der Waals surface area contributed by atoms with E-state index in [0.717, 1.165) is 78.2 Å². The highest BCUT2D eigenvalue weighted by atomic mass is 14.8. The number of aryl methyl sites for hydroxylation is 4. The van der Waals surface area contributed by atoms with Crippen LogP contribution < -0.4 is 0 Å². The number of aromatic nitrogens is 4. The molecule has 8 aromatic rings. The van der Waals surface area contributed by atoms with Gasteiger partial charge < -0.3 is 0 Å². The van der Waals surface area contributed by atoms with Crippen LogP contribution in [-0.4, -0.2) is 19.9 Å². The number of hydrogen-bond donors (Lipinski definition) is 0. The summed E-state index contributed by atoms with van der Waals surface area (Å²) in [4.78, 5) is 20.6. The molecule has 2 heterocycles. The van der Waals surface area contributed by atoms with Crippen molar-refractivity contribution in [3.05, 3.63) is 156 Å². The number of fused-ring (bicyclic) bond motifs is 2. The van der Waals surface area contributed by atoms with Gasteiger partial charge in [0.15, 0.2) is 0 Å². The number of hydrogen-bond acceptors (Lipinski definition) is 4. The Kier molecular flexibility index (Phi) is 7.34. The second-order valence-corrected chi connectivity index (χ2v) is 12.6. The molecule has 0 aliphatic heterocycles. The van der Waals surface area contributed by atoms with Gasteiger partial charge >= 0.3 is 0 Å². The van der Waals surface area contributed by atoms with Crippen molar-refractivity contribution in [1.82, 2.24) is 19.9 Å². The normalized spacial score (nSPS) is 11.3. The Bertz CT molecular complexity index is 2270. The molecule has 0 bridgehead atoms. The first kappa shape index (κ1) is 29.4. The van der Waals surface area contributed by atoms with Gasteiger partial charge in [0.2, 0.25) is 0 Å². The van der Waals surface area contributed by atoms with Gasteiger partial charge in [-0.05, 0) is 85.3 Å². The van der Waals surface area contributed by atoms with Crippen molar-refractivity contribution in [2.75, 3.05) is 0 Å². The summed E-state index contributed by atoms with van der Waals surface area (Å²) in [7, 11) is 0. The number of benzene rings is 6. The van der Waals surface area contributed by atoms with Crippen molar-refractivity contribution >= 4 is 22.1 Å². The van der Waals surface area contributed by atoms with E-state index in [-0.39, 0.29) is 0 Å². The number of rotatable bonds is 5. The van der Waals surface area contributed by atoms with E-state index in [9.17, 15) is 0 Å². The third-order valence-electron chi connectivity index (χ3n) is 9.30. The highest BCUT2D eigenvalue weighted by molar-refractivity contribution is 5.89. The van der Waals surface area contributed by atoms with Crippen LogP contribution in [0.25, 0.3) is 78.2 Å². The second kappa shape index (κ2) is 12.0. The third-order valence-corrected chi connectivity index (χ3v) is 9.30. The molecule has 4 nitrogen and oxygen atoms in total. The van der Waals surface area contributed by atoms with Crippen LogP contribution in [0.1, 0.15) is 22.3 Å². The summed E-state index contributed by atoms with van der Waals surface area (Å²) < 4.78 is 0. The zero-order valence-electron chi connectivity index (χ0n) is 27.5. The molecule has 230 valence electrons. The van der Waals surface area contributed by atoms with E-state index in [1.54, 1.807) is 0 Å². The van der Waals surface area contributed by atoms with E-state index in [1.165, 1.54) is 22.3 Å². The van der Waals surface area contributed by atoms with E-state index < -0.39 is 0 Å². The van der Waals surface area contributed by atoms with Crippen LogP contribution in [0.15, 0.2) is 133 Å². The highest BCUT2D eigenvalue weighted by Crippen LogP contribution is 2.35. The van der Waals surface area contributed by atoms with Crippen molar-refractivity contribution in [3.8, 4) is 56.2 Å². The fourth-order valence-electron chi connectivity index (χ4n) is 6.26. The summed E-state index contributed by atoms with van der Waals surface area (Å²) in [5.41, 5.74) is 18.5. The van der Waals surface area contributed by atoms with Crippen LogP contribution >= 0.6 is 0 Å². The Labute approximate surface area is 280 Å². The molecule has 0 saturated heterocycles. The van der Waals surface area contributed by atoms with E-state index >= 15 is 0 Å². The lowest BCUT2D eigenvalue weighted by molar-refractivity contribution is 1.26. The average Bonchev–Trinajstić information content (AvgIpc) is 3.13. The van der Waals surface area contributed by atoms with Crippen LogP contribution in [0.4, 0.5) is 0 Å². The van der Waals surface area contributed by atoms with E-state index in [1.807, 2.05) is 36.4 Å². The lowest BCUT2D eigenvalue weighted by Gasteiger charge is -2.13. The summed E-state index contributed by atoms with van der Waals surface area (Å²) in [6.45, 7) is 8.49. The summed E-state index contributed by atoms with van der Waals surface area (Å²) in [5.74, 6) is 0. The fourth-order valence-corrected chi connectivity index (χ4v) is 6.26. The fraction of sp³-hybridized carbons (Fsp3) is 0.0909. The zero-order valence-corrected chi connectivity index (χ0v) is 27.5. The van der Waals surface area contributed by atoms with Gasteiger partial charge in [-0.15, -0.1) is 0 Å². The van der Waals surface area contributed by atoms with Gasteiger partial charge in [0.05, 0.1) is 44.8 Å². The summed E-state index contributed by atoms with van der Waals surface area (Å²) in [5, 5.41) is 0. The van der Waals surface area contributed by atoms with E-state index in [2.05, 4.69) is 125 Å². The molecule has 0 aliphatic rings. The predicted molar refractivity (Wildman–Crippen MR) is 199 cm³/mol.